The van der Waals surface area contributed by atoms with Crippen LogP contribution in [0.5, 0.6) is 0 Å². The minimum atomic E-state index is -3.60. The molecule has 0 spiro atoms. The number of ether oxygens (including phenoxy) is 1. The van der Waals surface area contributed by atoms with Gasteiger partial charge < -0.3 is 4.74 Å². The molecule has 0 bridgehead atoms. The number of sulfone groups is 1. The van der Waals surface area contributed by atoms with E-state index in [2.05, 4.69) is 9.88 Å². The van der Waals surface area contributed by atoms with Crippen LogP contribution in [0, 0.1) is 0 Å². The van der Waals surface area contributed by atoms with Crippen LogP contribution in [0.1, 0.15) is 29.6 Å². The molecule has 0 radical (unpaired) electrons. The maximum Gasteiger partial charge on any atom is 0.260 e. The van der Waals surface area contributed by atoms with E-state index < -0.39 is 19.9 Å². The maximum atomic E-state index is 13.8. The molecule has 10 nitrogen and oxygen atoms in total. The van der Waals surface area contributed by atoms with E-state index in [0.717, 1.165) is 38.6 Å². The fraction of sp³-hybridized carbons (Fsp3) is 0.462. The number of morpholine rings is 1. The Morgan fingerprint density at radius 3 is 2.28 bits per heavy atom. The molecule has 3 aromatic rings. The van der Waals surface area contributed by atoms with Crippen LogP contribution in [0.25, 0.3) is 10.2 Å². The zero-order chi connectivity index (χ0) is 27.6. The van der Waals surface area contributed by atoms with Crippen LogP contribution in [-0.4, -0.2) is 95.7 Å². The number of hydrogen-bond acceptors (Lipinski definition) is 9. The molecule has 210 valence electrons. The van der Waals surface area contributed by atoms with Crippen molar-refractivity contribution in [3.8, 4) is 0 Å². The van der Waals surface area contributed by atoms with Gasteiger partial charge in [-0.25, -0.2) is 21.8 Å². The third-order valence-corrected chi connectivity index (χ3v) is 11.1. The molecule has 2 aliphatic rings. The average Bonchev–Trinajstić information content (AvgIpc) is 3.37. The van der Waals surface area contributed by atoms with Crippen LogP contribution < -0.4 is 4.90 Å². The van der Waals surface area contributed by atoms with Gasteiger partial charge >= 0.3 is 0 Å². The van der Waals surface area contributed by atoms with E-state index in [9.17, 15) is 21.6 Å². The van der Waals surface area contributed by atoms with Crippen molar-refractivity contribution in [2.24, 2.45) is 0 Å². The molecule has 3 heterocycles. The van der Waals surface area contributed by atoms with Gasteiger partial charge in [-0.15, -0.1) is 0 Å². The molecule has 0 atom stereocenters. The third-order valence-electron chi connectivity index (χ3n) is 7.05. The van der Waals surface area contributed by atoms with E-state index in [1.807, 2.05) is 0 Å². The minimum absolute atomic E-state index is 0.175. The Hall–Kier alpha value is -2.42. The van der Waals surface area contributed by atoms with Gasteiger partial charge in [0.25, 0.3) is 5.91 Å². The number of hydrogen-bond donors (Lipinski definition) is 0. The Morgan fingerprint density at radius 1 is 0.949 bits per heavy atom. The summed E-state index contributed by atoms with van der Waals surface area (Å²) in [6.07, 6.45) is 3.88. The summed E-state index contributed by atoms with van der Waals surface area (Å²) >= 11 is 1.26. The number of thiazole rings is 1. The van der Waals surface area contributed by atoms with Crippen LogP contribution in [-0.2, 0) is 24.6 Å². The van der Waals surface area contributed by atoms with Crippen LogP contribution in [0.2, 0.25) is 0 Å². The van der Waals surface area contributed by atoms with Crippen molar-refractivity contribution in [3.05, 3.63) is 48.0 Å². The Balaban J connectivity index is 1.43. The van der Waals surface area contributed by atoms with Crippen LogP contribution in [0.4, 0.5) is 5.13 Å². The number of fused-ring (bicyclic) bond motifs is 1. The monoisotopic (exact) mass is 592 g/mol. The van der Waals surface area contributed by atoms with E-state index in [1.165, 1.54) is 33.8 Å². The van der Waals surface area contributed by atoms with Crippen molar-refractivity contribution < 1.29 is 26.4 Å². The van der Waals surface area contributed by atoms with Gasteiger partial charge in [0.1, 0.15) is 0 Å². The van der Waals surface area contributed by atoms with Gasteiger partial charge in [-0.3, -0.25) is 14.6 Å². The Bertz CT molecular complexity index is 1540. The lowest BCUT2D eigenvalue weighted by molar-refractivity contribution is 0.0391. The average molecular weight is 593 g/mol. The van der Waals surface area contributed by atoms with Crippen LogP contribution >= 0.6 is 11.3 Å². The van der Waals surface area contributed by atoms with E-state index in [4.69, 9.17) is 4.74 Å². The van der Waals surface area contributed by atoms with Crippen LogP contribution in [0.15, 0.2) is 52.3 Å². The van der Waals surface area contributed by atoms with Gasteiger partial charge in [-0.05, 0) is 55.3 Å². The standard InChI is InChI=1S/C26H32N4O6S3/c1-38(32,33)22-9-10-23-24(19-22)37-26(27-23)30(14-13-28-15-17-36-18-16-28)25(31)20-5-7-21(8-6-20)39(34,35)29-11-3-2-4-12-29/h5-10,19H,2-4,11-18H2,1H3. The first-order chi connectivity index (χ1) is 18.6. The number of carbonyl (C=O) groups excluding carboxylic acids is 1. The highest BCUT2D eigenvalue weighted by atomic mass is 32.2. The quantitative estimate of drug-likeness (QED) is 0.392. The lowest BCUT2D eigenvalue weighted by Crippen LogP contribution is -2.43. The SMILES string of the molecule is CS(=O)(=O)c1ccc2nc(N(CCN3CCOCC3)C(=O)c3ccc(S(=O)(=O)N4CCCCC4)cc3)sc2c1. The van der Waals surface area contributed by atoms with Crippen molar-refractivity contribution in [1.29, 1.82) is 0 Å². The van der Waals surface area contributed by atoms with Crippen molar-refractivity contribution in [3.63, 3.8) is 0 Å². The molecule has 5 rings (SSSR count). The molecule has 1 amide bonds. The number of benzene rings is 2. The molecule has 0 saturated carbocycles. The zero-order valence-electron chi connectivity index (χ0n) is 21.8. The third kappa shape index (κ3) is 6.34. The minimum Gasteiger partial charge on any atom is -0.379 e. The van der Waals surface area contributed by atoms with E-state index in [-0.39, 0.29) is 15.7 Å². The summed E-state index contributed by atoms with van der Waals surface area (Å²) in [5.41, 5.74) is 0.959. The first kappa shape index (κ1) is 28.1. The number of anilines is 1. The predicted octanol–water partition coefficient (Wildman–Crippen LogP) is 2.85. The van der Waals surface area contributed by atoms with Gasteiger partial charge in [0.15, 0.2) is 15.0 Å². The summed E-state index contributed by atoms with van der Waals surface area (Å²) in [6, 6.07) is 10.8. The molecular weight excluding hydrogens is 561 g/mol. The summed E-state index contributed by atoms with van der Waals surface area (Å²) in [4.78, 5) is 22.6. The molecule has 2 aliphatic heterocycles. The van der Waals surface area contributed by atoms with Crippen molar-refractivity contribution >= 4 is 52.5 Å². The molecule has 0 N–H and O–H groups in total. The summed E-state index contributed by atoms with van der Waals surface area (Å²) in [5, 5.41) is 0.457. The smallest absolute Gasteiger partial charge is 0.260 e. The fourth-order valence-corrected chi connectivity index (χ4v) is 8.04. The normalized spacial score (nSPS) is 17.9. The number of piperidine rings is 1. The van der Waals surface area contributed by atoms with E-state index >= 15 is 0 Å². The summed E-state index contributed by atoms with van der Waals surface area (Å²) in [7, 11) is -6.99. The van der Waals surface area contributed by atoms with Crippen LogP contribution in [0.3, 0.4) is 0 Å². The summed E-state index contributed by atoms with van der Waals surface area (Å²) in [5.74, 6) is -0.299. The lowest BCUT2D eigenvalue weighted by Gasteiger charge is -2.29. The van der Waals surface area contributed by atoms with Gasteiger partial charge in [-0.2, -0.15) is 4.31 Å². The number of nitrogens with zero attached hydrogens (tertiary/aromatic N) is 4. The Kier molecular flexibility index (Phi) is 8.36. The first-order valence-corrected chi connectivity index (χ1v) is 17.1. The highest BCUT2D eigenvalue weighted by molar-refractivity contribution is 7.90. The van der Waals surface area contributed by atoms with Gasteiger partial charge in [0, 0.05) is 51.1 Å². The zero-order valence-corrected chi connectivity index (χ0v) is 24.2. The largest absolute Gasteiger partial charge is 0.379 e. The summed E-state index contributed by atoms with van der Waals surface area (Å²) < 4.78 is 57.8. The molecule has 2 saturated heterocycles. The van der Waals surface area contributed by atoms with E-state index in [1.54, 1.807) is 29.2 Å². The second-order valence-electron chi connectivity index (χ2n) is 9.80. The molecular formula is C26H32N4O6S3. The molecule has 2 fully saturated rings. The Labute approximate surface area is 233 Å². The molecule has 1 aromatic heterocycles. The molecule has 0 aliphatic carbocycles. The van der Waals surface area contributed by atoms with Gasteiger partial charge in [0.05, 0.1) is 33.2 Å². The second kappa shape index (κ2) is 11.6. The van der Waals surface area contributed by atoms with Gasteiger partial charge in [-0.1, -0.05) is 17.8 Å². The topological polar surface area (TPSA) is 117 Å². The van der Waals surface area contributed by atoms with Crippen molar-refractivity contribution in [2.45, 2.75) is 29.1 Å². The number of amides is 1. The molecule has 39 heavy (non-hydrogen) atoms. The highest BCUT2D eigenvalue weighted by Gasteiger charge is 2.27. The van der Waals surface area contributed by atoms with Gasteiger partial charge in [0.2, 0.25) is 10.0 Å². The van der Waals surface area contributed by atoms with E-state index in [0.29, 0.717) is 60.3 Å². The second-order valence-corrected chi connectivity index (χ2v) is 14.8. The first-order valence-electron chi connectivity index (χ1n) is 13.0. The van der Waals surface area contributed by atoms with Crippen molar-refractivity contribution in [1.82, 2.24) is 14.2 Å². The summed E-state index contributed by atoms with van der Waals surface area (Å²) in [6.45, 7) is 4.80. The number of carbonyl (C=O) groups is 1. The van der Waals surface area contributed by atoms with Crippen molar-refractivity contribution in [2.75, 3.05) is 63.6 Å². The fourth-order valence-electron chi connectivity index (χ4n) is 4.77. The maximum absolute atomic E-state index is 13.8. The molecule has 2 aromatic carbocycles. The molecule has 13 heteroatoms. The number of sulfonamides is 1. The molecule has 0 unspecified atom stereocenters. The number of aromatic nitrogens is 1. The highest BCUT2D eigenvalue weighted by Crippen LogP contribution is 2.32. The lowest BCUT2D eigenvalue weighted by atomic mass is 10.2. The predicted molar refractivity (Wildman–Crippen MR) is 151 cm³/mol. The Morgan fingerprint density at radius 2 is 1.62 bits per heavy atom. The number of rotatable bonds is 8.